The second kappa shape index (κ2) is 7.71. The van der Waals surface area contributed by atoms with Gasteiger partial charge in [0.05, 0.1) is 21.8 Å². The molecule has 27 heavy (non-hydrogen) atoms. The molecule has 2 aliphatic heterocycles. The van der Waals surface area contributed by atoms with E-state index in [1.165, 1.54) is 4.90 Å². The van der Waals surface area contributed by atoms with Gasteiger partial charge < -0.3 is 4.90 Å². The summed E-state index contributed by atoms with van der Waals surface area (Å²) in [5.41, 5.74) is 2.14. The molecule has 0 spiro atoms. The minimum Gasteiger partial charge on any atom is -0.368 e. The van der Waals surface area contributed by atoms with Crippen LogP contribution in [0.15, 0.2) is 48.5 Å². The maximum absolute atomic E-state index is 12.4. The normalized spacial score (nSPS) is 17.5. The quantitative estimate of drug-likeness (QED) is 0.744. The molecule has 2 aliphatic rings. The number of piperazine rings is 1. The smallest absolute Gasteiger partial charge is 0.261 e. The van der Waals surface area contributed by atoms with E-state index in [1.807, 2.05) is 18.2 Å². The summed E-state index contributed by atoms with van der Waals surface area (Å²) < 4.78 is 0. The number of nitrogens with zero attached hydrogens (tertiary/aromatic N) is 3. The molecule has 2 aromatic carbocycles. The summed E-state index contributed by atoms with van der Waals surface area (Å²) in [5.74, 6) is -0.335. The molecule has 2 heterocycles. The summed E-state index contributed by atoms with van der Waals surface area (Å²) >= 11 is 6.29. The Kier molecular flexibility index (Phi) is 5.14. The number of carbonyl (C=O) groups is 2. The Hall–Kier alpha value is -2.37. The van der Waals surface area contributed by atoms with E-state index in [2.05, 4.69) is 15.9 Å². The van der Waals surface area contributed by atoms with Crippen LogP contribution in [0.25, 0.3) is 0 Å². The second-order valence-electron chi connectivity index (χ2n) is 6.94. The van der Waals surface area contributed by atoms with Crippen LogP contribution in [-0.2, 0) is 0 Å². The SMILES string of the molecule is O=C1c2ccccc2C(=O)N1CCCN1CCN(c2ccccc2Cl)CC1. The highest BCUT2D eigenvalue weighted by molar-refractivity contribution is 6.33. The lowest BCUT2D eigenvalue weighted by Crippen LogP contribution is -2.47. The van der Waals surface area contributed by atoms with Crippen molar-refractivity contribution in [3.8, 4) is 0 Å². The zero-order valence-electron chi connectivity index (χ0n) is 15.1. The summed E-state index contributed by atoms with van der Waals surface area (Å²) in [6, 6.07) is 15.0. The Morgan fingerprint density at radius 2 is 1.37 bits per heavy atom. The third-order valence-electron chi connectivity index (χ3n) is 5.30. The predicted molar refractivity (Wildman–Crippen MR) is 107 cm³/mol. The number of anilines is 1. The molecule has 140 valence electrons. The first-order chi connectivity index (χ1) is 13.1. The van der Waals surface area contributed by atoms with Crippen molar-refractivity contribution in [2.45, 2.75) is 6.42 Å². The molecule has 0 aromatic heterocycles. The van der Waals surface area contributed by atoms with Crippen LogP contribution in [0.3, 0.4) is 0 Å². The molecule has 0 saturated carbocycles. The van der Waals surface area contributed by atoms with E-state index < -0.39 is 0 Å². The van der Waals surface area contributed by atoms with Gasteiger partial charge in [-0.2, -0.15) is 0 Å². The molecule has 2 amide bonds. The van der Waals surface area contributed by atoms with Crippen molar-refractivity contribution in [2.24, 2.45) is 0 Å². The van der Waals surface area contributed by atoms with Gasteiger partial charge in [-0.05, 0) is 37.2 Å². The summed E-state index contributed by atoms with van der Waals surface area (Å²) in [7, 11) is 0. The summed E-state index contributed by atoms with van der Waals surface area (Å²) in [6.45, 7) is 5.11. The Bertz CT molecular complexity index is 827. The van der Waals surface area contributed by atoms with E-state index in [0.29, 0.717) is 17.7 Å². The average molecular weight is 384 g/mol. The largest absolute Gasteiger partial charge is 0.368 e. The monoisotopic (exact) mass is 383 g/mol. The number of hydrogen-bond acceptors (Lipinski definition) is 4. The van der Waals surface area contributed by atoms with Crippen molar-refractivity contribution >= 4 is 29.1 Å². The fourth-order valence-corrected chi connectivity index (χ4v) is 4.07. The number of carbonyl (C=O) groups excluding carboxylic acids is 2. The maximum atomic E-state index is 12.4. The average Bonchev–Trinajstić information content (AvgIpc) is 2.94. The Morgan fingerprint density at radius 1 is 0.778 bits per heavy atom. The molecular formula is C21H22ClN3O2. The highest BCUT2D eigenvalue weighted by Crippen LogP contribution is 2.26. The minimum absolute atomic E-state index is 0.167. The highest BCUT2D eigenvalue weighted by atomic mass is 35.5. The fourth-order valence-electron chi connectivity index (χ4n) is 3.82. The highest BCUT2D eigenvalue weighted by Gasteiger charge is 2.34. The van der Waals surface area contributed by atoms with Crippen molar-refractivity contribution in [1.29, 1.82) is 0 Å². The van der Waals surface area contributed by atoms with Crippen LogP contribution in [-0.4, -0.2) is 60.9 Å². The van der Waals surface area contributed by atoms with Gasteiger partial charge in [0.15, 0.2) is 0 Å². The lowest BCUT2D eigenvalue weighted by atomic mass is 10.1. The van der Waals surface area contributed by atoms with Gasteiger partial charge in [0.2, 0.25) is 0 Å². The maximum Gasteiger partial charge on any atom is 0.261 e. The first-order valence-corrected chi connectivity index (χ1v) is 9.70. The number of imide groups is 1. The number of hydrogen-bond donors (Lipinski definition) is 0. The molecule has 4 rings (SSSR count). The van der Waals surface area contributed by atoms with Crippen LogP contribution >= 0.6 is 11.6 Å². The molecule has 0 bridgehead atoms. The van der Waals surface area contributed by atoms with Gasteiger partial charge in [0.1, 0.15) is 0 Å². The zero-order chi connectivity index (χ0) is 18.8. The van der Waals surface area contributed by atoms with Gasteiger partial charge in [-0.3, -0.25) is 19.4 Å². The van der Waals surface area contributed by atoms with Crippen molar-refractivity contribution in [3.05, 3.63) is 64.7 Å². The zero-order valence-corrected chi connectivity index (χ0v) is 15.9. The van der Waals surface area contributed by atoms with Crippen LogP contribution in [0.5, 0.6) is 0 Å². The molecule has 2 aromatic rings. The van der Waals surface area contributed by atoms with E-state index in [9.17, 15) is 9.59 Å². The molecule has 5 nitrogen and oxygen atoms in total. The Balaban J connectivity index is 1.26. The third kappa shape index (κ3) is 3.57. The molecule has 1 saturated heterocycles. The van der Waals surface area contributed by atoms with Gasteiger partial charge in [-0.15, -0.1) is 0 Å². The summed E-state index contributed by atoms with van der Waals surface area (Å²) in [6.07, 6.45) is 0.789. The first-order valence-electron chi connectivity index (χ1n) is 9.32. The molecular weight excluding hydrogens is 362 g/mol. The predicted octanol–water partition coefficient (Wildman–Crippen LogP) is 3.15. The van der Waals surface area contributed by atoms with Gasteiger partial charge in [-0.25, -0.2) is 0 Å². The van der Waals surface area contributed by atoms with Crippen molar-refractivity contribution in [3.63, 3.8) is 0 Å². The van der Waals surface area contributed by atoms with Crippen LogP contribution in [0.4, 0.5) is 5.69 Å². The first kappa shape index (κ1) is 18.0. The molecule has 0 N–H and O–H groups in total. The lowest BCUT2D eigenvalue weighted by molar-refractivity contribution is 0.0647. The molecule has 0 atom stereocenters. The fraction of sp³-hybridized carbons (Fsp3) is 0.333. The Morgan fingerprint density at radius 3 is 2.00 bits per heavy atom. The van der Waals surface area contributed by atoms with E-state index >= 15 is 0 Å². The van der Waals surface area contributed by atoms with Crippen LogP contribution in [0, 0.1) is 0 Å². The number of benzene rings is 2. The van der Waals surface area contributed by atoms with Crippen molar-refractivity contribution in [1.82, 2.24) is 9.80 Å². The van der Waals surface area contributed by atoms with E-state index in [4.69, 9.17) is 11.6 Å². The topological polar surface area (TPSA) is 43.9 Å². The van der Waals surface area contributed by atoms with E-state index in [-0.39, 0.29) is 11.8 Å². The minimum atomic E-state index is -0.167. The van der Waals surface area contributed by atoms with Crippen LogP contribution in [0.2, 0.25) is 5.02 Å². The van der Waals surface area contributed by atoms with Gasteiger partial charge in [-0.1, -0.05) is 35.9 Å². The summed E-state index contributed by atoms with van der Waals surface area (Å²) in [4.78, 5) is 30.9. The third-order valence-corrected chi connectivity index (χ3v) is 5.62. The van der Waals surface area contributed by atoms with E-state index in [0.717, 1.165) is 49.9 Å². The molecule has 0 aliphatic carbocycles. The second-order valence-corrected chi connectivity index (χ2v) is 7.35. The van der Waals surface area contributed by atoms with Crippen LogP contribution < -0.4 is 4.90 Å². The number of halogens is 1. The number of para-hydroxylation sites is 1. The molecule has 1 fully saturated rings. The molecule has 6 heteroatoms. The van der Waals surface area contributed by atoms with Crippen molar-refractivity contribution < 1.29 is 9.59 Å². The van der Waals surface area contributed by atoms with Gasteiger partial charge in [0, 0.05) is 32.7 Å². The number of amides is 2. The molecule has 0 radical (unpaired) electrons. The van der Waals surface area contributed by atoms with E-state index in [1.54, 1.807) is 24.3 Å². The molecule has 0 unspecified atom stereocenters. The number of rotatable bonds is 5. The standard InChI is InChI=1S/C21H22ClN3O2/c22-18-8-3-4-9-19(18)24-14-12-23(13-15-24)10-5-11-25-20(26)16-6-1-2-7-17(16)21(25)27/h1-4,6-9H,5,10-15H2. The summed E-state index contributed by atoms with van der Waals surface area (Å²) in [5, 5.41) is 0.788. The lowest BCUT2D eigenvalue weighted by Gasteiger charge is -2.36. The Labute approximate surface area is 164 Å². The van der Waals surface area contributed by atoms with Crippen LogP contribution in [0.1, 0.15) is 27.1 Å². The van der Waals surface area contributed by atoms with Gasteiger partial charge >= 0.3 is 0 Å². The van der Waals surface area contributed by atoms with Crippen molar-refractivity contribution in [2.75, 3.05) is 44.2 Å². The number of fused-ring (bicyclic) bond motifs is 1. The van der Waals surface area contributed by atoms with Gasteiger partial charge in [0.25, 0.3) is 11.8 Å².